The van der Waals surface area contributed by atoms with E-state index in [0.29, 0.717) is 5.92 Å². The Kier molecular flexibility index (Phi) is 4.00. The molecule has 132 valence electrons. The minimum absolute atomic E-state index is 0.484. The van der Waals surface area contributed by atoms with E-state index in [9.17, 15) is 0 Å². The number of pyridine rings is 1. The number of rotatable bonds is 3. The van der Waals surface area contributed by atoms with Crippen molar-refractivity contribution in [3.05, 3.63) is 60.3 Å². The van der Waals surface area contributed by atoms with Crippen molar-refractivity contribution in [3.63, 3.8) is 0 Å². The highest BCUT2D eigenvalue weighted by Gasteiger charge is 2.23. The van der Waals surface area contributed by atoms with Gasteiger partial charge in [-0.05, 0) is 28.8 Å². The second-order valence-electron chi connectivity index (χ2n) is 8.35. The van der Waals surface area contributed by atoms with E-state index in [2.05, 4.69) is 82.0 Å². The summed E-state index contributed by atoms with van der Waals surface area (Å²) in [6, 6.07) is 17.2. The lowest BCUT2D eigenvalue weighted by Crippen LogP contribution is -2.37. The van der Waals surface area contributed by atoms with Crippen LogP contribution in [-0.4, -0.2) is 13.1 Å². The van der Waals surface area contributed by atoms with Crippen molar-refractivity contribution in [2.24, 2.45) is 0 Å². The lowest BCUT2D eigenvalue weighted by Gasteiger charge is -2.16. The normalized spacial score (nSPS) is 12.4. The first-order chi connectivity index (χ1) is 12.4. The highest BCUT2D eigenvalue weighted by molar-refractivity contribution is 6.90. The van der Waals surface area contributed by atoms with Crippen LogP contribution in [0.5, 0.6) is 0 Å². The Labute approximate surface area is 155 Å². The van der Waals surface area contributed by atoms with Gasteiger partial charge in [-0.3, -0.25) is 4.98 Å². The summed E-state index contributed by atoms with van der Waals surface area (Å²) < 4.78 is 6.47. The molecular formula is C23H25NOSi. The third-order valence-corrected chi connectivity index (χ3v) is 7.07. The summed E-state index contributed by atoms with van der Waals surface area (Å²) in [5.41, 5.74) is 5.28. The molecule has 0 bridgehead atoms. The fraction of sp³-hybridized carbons (Fsp3) is 0.261. The number of nitrogens with zero attached hydrogens (tertiary/aromatic N) is 1. The van der Waals surface area contributed by atoms with Crippen molar-refractivity contribution in [2.75, 3.05) is 0 Å². The first-order valence-corrected chi connectivity index (χ1v) is 12.8. The first-order valence-electron chi connectivity index (χ1n) is 9.27. The SMILES string of the molecule is CC(C)c1ccc(-c2cccc3c2oc2c([Si](C)(C)C)cccc23)nc1. The van der Waals surface area contributed by atoms with Gasteiger partial charge in [0, 0.05) is 22.5 Å². The predicted molar refractivity (Wildman–Crippen MR) is 114 cm³/mol. The zero-order chi connectivity index (χ0) is 18.5. The van der Waals surface area contributed by atoms with Crippen LogP contribution in [0.1, 0.15) is 25.3 Å². The van der Waals surface area contributed by atoms with E-state index in [1.165, 1.54) is 21.5 Å². The summed E-state index contributed by atoms with van der Waals surface area (Å²) in [6.07, 6.45) is 1.98. The highest BCUT2D eigenvalue weighted by Crippen LogP contribution is 2.35. The summed E-state index contributed by atoms with van der Waals surface area (Å²) in [7, 11) is -1.49. The third kappa shape index (κ3) is 2.76. The maximum Gasteiger partial charge on any atom is 0.144 e. The molecule has 0 radical (unpaired) electrons. The molecule has 0 fully saturated rings. The van der Waals surface area contributed by atoms with E-state index < -0.39 is 8.07 Å². The molecule has 0 atom stereocenters. The second-order valence-corrected chi connectivity index (χ2v) is 13.4. The van der Waals surface area contributed by atoms with E-state index in [4.69, 9.17) is 9.40 Å². The van der Waals surface area contributed by atoms with Crippen molar-refractivity contribution >= 4 is 35.2 Å². The van der Waals surface area contributed by atoms with Crippen LogP contribution in [0, 0.1) is 0 Å². The van der Waals surface area contributed by atoms with E-state index in [1.54, 1.807) is 0 Å². The molecule has 0 aliphatic heterocycles. The van der Waals surface area contributed by atoms with Gasteiger partial charge in [0.25, 0.3) is 0 Å². The van der Waals surface area contributed by atoms with Crippen molar-refractivity contribution < 1.29 is 4.42 Å². The molecule has 2 heterocycles. The molecule has 3 heteroatoms. The monoisotopic (exact) mass is 359 g/mol. The Balaban J connectivity index is 1.97. The molecule has 0 amide bonds. The lowest BCUT2D eigenvalue weighted by molar-refractivity contribution is 0.672. The second kappa shape index (κ2) is 6.10. The number of fused-ring (bicyclic) bond motifs is 3. The Hall–Kier alpha value is -2.39. The summed E-state index contributed by atoms with van der Waals surface area (Å²) in [4.78, 5) is 4.71. The standard InChI is InChI=1S/C23H25NOSi/c1-15(2)16-12-13-20(24-14-16)19-10-6-8-17-18-9-7-11-21(26(3,4)5)23(18)25-22(17)19/h6-15H,1-5H3. The predicted octanol–water partition coefficient (Wildman–Crippen LogP) is 6.32. The summed E-state index contributed by atoms with van der Waals surface area (Å²) >= 11 is 0. The van der Waals surface area contributed by atoms with Crippen LogP contribution in [0.15, 0.2) is 59.1 Å². The Morgan fingerprint density at radius 1 is 0.846 bits per heavy atom. The van der Waals surface area contributed by atoms with Gasteiger partial charge in [0.05, 0.1) is 13.8 Å². The van der Waals surface area contributed by atoms with Gasteiger partial charge in [-0.15, -0.1) is 0 Å². The van der Waals surface area contributed by atoms with Crippen LogP contribution in [0.3, 0.4) is 0 Å². The van der Waals surface area contributed by atoms with Crippen molar-refractivity contribution in [2.45, 2.75) is 39.4 Å². The van der Waals surface area contributed by atoms with Gasteiger partial charge in [0.1, 0.15) is 11.2 Å². The molecule has 0 unspecified atom stereocenters. The maximum absolute atomic E-state index is 6.47. The van der Waals surface area contributed by atoms with Crippen LogP contribution < -0.4 is 5.19 Å². The Bertz CT molecular complexity index is 1090. The first kappa shape index (κ1) is 17.0. The maximum atomic E-state index is 6.47. The number of para-hydroxylation sites is 2. The molecular weight excluding hydrogens is 334 g/mol. The van der Waals surface area contributed by atoms with Crippen LogP contribution in [0.4, 0.5) is 0 Å². The van der Waals surface area contributed by atoms with Crippen molar-refractivity contribution in [1.29, 1.82) is 0 Å². The number of hydrogen-bond acceptors (Lipinski definition) is 2. The van der Waals surface area contributed by atoms with E-state index in [-0.39, 0.29) is 0 Å². The molecule has 0 aliphatic rings. The van der Waals surface area contributed by atoms with E-state index in [1.807, 2.05) is 6.20 Å². The Morgan fingerprint density at radius 3 is 2.15 bits per heavy atom. The largest absolute Gasteiger partial charge is 0.455 e. The minimum atomic E-state index is -1.49. The van der Waals surface area contributed by atoms with E-state index in [0.717, 1.165) is 22.4 Å². The van der Waals surface area contributed by atoms with Crippen LogP contribution >= 0.6 is 0 Å². The summed E-state index contributed by atoms with van der Waals surface area (Å²) in [5.74, 6) is 0.484. The zero-order valence-corrected chi connectivity index (χ0v) is 17.1. The molecule has 2 aromatic heterocycles. The molecule has 26 heavy (non-hydrogen) atoms. The van der Waals surface area contributed by atoms with Crippen molar-refractivity contribution in [3.8, 4) is 11.3 Å². The fourth-order valence-electron chi connectivity index (χ4n) is 3.52. The molecule has 0 saturated carbocycles. The summed E-state index contributed by atoms with van der Waals surface area (Å²) in [6.45, 7) is 11.5. The fourth-order valence-corrected chi connectivity index (χ4v) is 4.98. The Morgan fingerprint density at radius 2 is 1.54 bits per heavy atom. The van der Waals surface area contributed by atoms with Crippen LogP contribution in [-0.2, 0) is 0 Å². The lowest BCUT2D eigenvalue weighted by atomic mass is 10.0. The highest BCUT2D eigenvalue weighted by atomic mass is 28.3. The van der Waals surface area contributed by atoms with Crippen LogP contribution in [0.25, 0.3) is 33.2 Å². The molecule has 0 spiro atoms. The average molecular weight is 360 g/mol. The molecule has 2 aromatic carbocycles. The summed E-state index contributed by atoms with van der Waals surface area (Å²) in [5, 5.41) is 3.76. The number of furan rings is 1. The molecule has 2 nitrogen and oxygen atoms in total. The van der Waals surface area contributed by atoms with Gasteiger partial charge >= 0.3 is 0 Å². The molecule has 0 saturated heterocycles. The molecule has 4 rings (SSSR count). The van der Waals surface area contributed by atoms with Gasteiger partial charge in [-0.2, -0.15) is 0 Å². The third-order valence-electron chi connectivity index (χ3n) is 5.06. The molecule has 0 aliphatic carbocycles. The zero-order valence-electron chi connectivity index (χ0n) is 16.1. The number of benzene rings is 2. The quantitative estimate of drug-likeness (QED) is 0.400. The van der Waals surface area contributed by atoms with Crippen molar-refractivity contribution in [1.82, 2.24) is 4.98 Å². The van der Waals surface area contributed by atoms with Crippen LogP contribution in [0.2, 0.25) is 19.6 Å². The minimum Gasteiger partial charge on any atom is -0.455 e. The molecule has 0 N–H and O–H groups in total. The molecule has 4 aromatic rings. The number of hydrogen-bond donors (Lipinski definition) is 0. The van der Waals surface area contributed by atoms with Gasteiger partial charge < -0.3 is 4.42 Å². The van der Waals surface area contributed by atoms with Gasteiger partial charge in [-0.25, -0.2) is 0 Å². The van der Waals surface area contributed by atoms with Gasteiger partial charge in [0.15, 0.2) is 0 Å². The van der Waals surface area contributed by atoms with Gasteiger partial charge in [-0.1, -0.05) is 69.9 Å². The number of aromatic nitrogens is 1. The van der Waals surface area contributed by atoms with Gasteiger partial charge in [0.2, 0.25) is 0 Å². The van der Waals surface area contributed by atoms with E-state index >= 15 is 0 Å². The smallest absolute Gasteiger partial charge is 0.144 e. The average Bonchev–Trinajstić information content (AvgIpc) is 2.99. The topological polar surface area (TPSA) is 26.0 Å².